The van der Waals surface area contributed by atoms with Crippen LogP contribution in [0.3, 0.4) is 0 Å². The van der Waals surface area contributed by atoms with E-state index in [1.165, 1.54) is 0 Å². The van der Waals surface area contributed by atoms with Gasteiger partial charge >= 0.3 is 0 Å². The Kier molecular flexibility index (Phi) is 4.64. The Morgan fingerprint density at radius 3 is 2.75 bits per heavy atom. The van der Waals surface area contributed by atoms with E-state index in [-0.39, 0.29) is 11.7 Å². The molecule has 0 aliphatic carbocycles. The lowest BCUT2D eigenvalue weighted by Gasteiger charge is -2.17. The van der Waals surface area contributed by atoms with Crippen molar-refractivity contribution in [3.05, 3.63) is 40.4 Å². The smallest absolute Gasteiger partial charge is 0.262 e. The van der Waals surface area contributed by atoms with Crippen LogP contribution >= 0.6 is 0 Å². The maximum Gasteiger partial charge on any atom is 0.262 e. The number of aliphatic hydroxyl groups is 1. The van der Waals surface area contributed by atoms with Crippen molar-refractivity contribution in [2.24, 2.45) is 0 Å². The maximum atomic E-state index is 12.6. The molecule has 3 aromatic rings. The van der Waals surface area contributed by atoms with Crippen molar-refractivity contribution in [1.29, 1.82) is 0 Å². The molecule has 0 saturated carbocycles. The van der Waals surface area contributed by atoms with Crippen LogP contribution < -0.4 is 5.56 Å². The van der Waals surface area contributed by atoms with Gasteiger partial charge in [0.1, 0.15) is 0 Å². The topological polar surface area (TPSA) is 75.7 Å². The molecule has 3 rings (SSSR count). The second kappa shape index (κ2) is 6.70. The lowest BCUT2D eigenvalue weighted by molar-refractivity contribution is 0.162. The molecule has 0 fully saturated rings. The van der Waals surface area contributed by atoms with Crippen molar-refractivity contribution in [2.75, 3.05) is 13.6 Å². The summed E-state index contributed by atoms with van der Waals surface area (Å²) in [5, 5.41) is 18.7. The molecule has 24 heavy (non-hydrogen) atoms. The number of aliphatic hydroxyl groups excluding tert-OH is 1. The minimum Gasteiger partial charge on any atom is -0.393 e. The zero-order valence-electron chi connectivity index (χ0n) is 14.3. The standard InChI is InChI=1S/C17H23N5O2/c1-4-21-16(24)13-7-5-6-8-14(13)22-15(18-19-17(21)22)11-20(3)10-9-12(2)23/h5-8,12,23H,4,9-11H2,1-3H3. The van der Waals surface area contributed by atoms with Gasteiger partial charge in [0, 0.05) is 13.1 Å². The second-order valence-electron chi connectivity index (χ2n) is 6.19. The zero-order chi connectivity index (χ0) is 17.3. The van der Waals surface area contributed by atoms with Crippen molar-refractivity contribution in [3.63, 3.8) is 0 Å². The largest absolute Gasteiger partial charge is 0.393 e. The molecule has 1 N–H and O–H groups in total. The van der Waals surface area contributed by atoms with Crippen LogP contribution in [0.25, 0.3) is 16.7 Å². The van der Waals surface area contributed by atoms with Crippen molar-refractivity contribution < 1.29 is 5.11 Å². The molecular weight excluding hydrogens is 306 g/mol. The van der Waals surface area contributed by atoms with Gasteiger partial charge in [-0.2, -0.15) is 0 Å². The van der Waals surface area contributed by atoms with Crippen molar-refractivity contribution in [3.8, 4) is 0 Å². The van der Waals surface area contributed by atoms with Crippen LogP contribution in [0.1, 0.15) is 26.1 Å². The van der Waals surface area contributed by atoms with Crippen LogP contribution in [0.15, 0.2) is 29.1 Å². The van der Waals surface area contributed by atoms with E-state index in [9.17, 15) is 9.90 Å². The minimum absolute atomic E-state index is 0.0398. The number of fused-ring (bicyclic) bond motifs is 3. The predicted molar refractivity (Wildman–Crippen MR) is 93.1 cm³/mol. The molecule has 0 spiro atoms. The fourth-order valence-corrected chi connectivity index (χ4v) is 2.93. The first-order valence-electron chi connectivity index (χ1n) is 8.25. The third-order valence-corrected chi connectivity index (χ3v) is 4.23. The van der Waals surface area contributed by atoms with Crippen LogP contribution in [0.5, 0.6) is 0 Å². The molecule has 0 saturated heterocycles. The maximum absolute atomic E-state index is 12.6. The normalized spacial score (nSPS) is 13.2. The summed E-state index contributed by atoms with van der Waals surface area (Å²) in [6.45, 7) is 5.62. The van der Waals surface area contributed by atoms with E-state index in [1.54, 1.807) is 11.5 Å². The molecule has 2 aromatic heterocycles. The molecule has 1 atom stereocenters. The first-order chi connectivity index (χ1) is 11.5. The number of hydrogen-bond donors (Lipinski definition) is 1. The molecule has 0 aliphatic heterocycles. The first kappa shape index (κ1) is 16.6. The molecule has 0 bridgehead atoms. The highest BCUT2D eigenvalue weighted by Crippen LogP contribution is 2.15. The van der Waals surface area contributed by atoms with Gasteiger partial charge in [-0.1, -0.05) is 12.1 Å². The van der Waals surface area contributed by atoms with E-state index < -0.39 is 0 Å². The molecular formula is C17H23N5O2. The lowest BCUT2D eigenvalue weighted by atomic mass is 10.2. The summed E-state index contributed by atoms with van der Waals surface area (Å²) in [5.41, 5.74) is 0.785. The minimum atomic E-state index is -0.325. The Hall–Kier alpha value is -2.25. The molecule has 7 heteroatoms. The van der Waals surface area contributed by atoms with Crippen LogP contribution in [0.4, 0.5) is 0 Å². The molecule has 0 aliphatic rings. The summed E-state index contributed by atoms with van der Waals surface area (Å²) >= 11 is 0. The fourth-order valence-electron chi connectivity index (χ4n) is 2.93. The Bertz CT molecular complexity index is 912. The first-order valence-corrected chi connectivity index (χ1v) is 8.25. The summed E-state index contributed by atoms with van der Waals surface area (Å²) in [6, 6.07) is 7.55. The number of nitrogens with zero attached hydrogens (tertiary/aromatic N) is 5. The Balaban J connectivity index is 2.11. The summed E-state index contributed by atoms with van der Waals surface area (Å²) in [7, 11) is 1.99. The third kappa shape index (κ3) is 2.92. The van der Waals surface area contributed by atoms with Crippen molar-refractivity contribution in [2.45, 2.75) is 39.5 Å². The van der Waals surface area contributed by atoms with Crippen LogP contribution in [-0.2, 0) is 13.1 Å². The van der Waals surface area contributed by atoms with E-state index in [1.807, 2.05) is 42.6 Å². The van der Waals surface area contributed by atoms with Gasteiger partial charge in [0.2, 0.25) is 5.78 Å². The van der Waals surface area contributed by atoms with Gasteiger partial charge in [-0.05, 0) is 39.4 Å². The van der Waals surface area contributed by atoms with E-state index in [4.69, 9.17) is 0 Å². The third-order valence-electron chi connectivity index (χ3n) is 4.23. The van der Waals surface area contributed by atoms with Gasteiger partial charge in [0.05, 0.1) is 23.6 Å². The Labute approximate surface area is 140 Å². The molecule has 2 heterocycles. The van der Waals surface area contributed by atoms with Crippen molar-refractivity contribution >= 4 is 16.7 Å². The predicted octanol–water partition coefficient (Wildman–Crippen LogP) is 1.27. The monoisotopic (exact) mass is 329 g/mol. The van der Waals surface area contributed by atoms with Gasteiger partial charge < -0.3 is 5.11 Å². The molecule has 7 nitrogen and oxygen atoms in total. The van der Waals surface area contributed by atoms with E-state index in [2.05, 4.69) is 15.1 Å². The van der Waals surface area contributed by atoms with Gasteiger partial charge in [-0.15, -0.1) is 10.2 Å². The van der Waals surface area contributed by atoms with Crippen LogP contribution in [-0.4, -0.2) is 48.9 Å². The fraction of sp³-hybridized carbons (Fsp3) is 0.471. The molecule has 1 aromatic carbocycles. The highest BCUT2D eigenvalue weighted by Gasteiger charge is 2.16. The zero-order valence-corrected chi connectivity index (χ0v) is 14.3. The van der Waals surface area contributed by atoms with Gasteiger partial charge in [0.25, 0.3) is 5.56 Å². The van der Waals surface area contributed by atoms with Crippen LogP contribution in [0, 0.1) is 0 Å². The van der Waals surface area contributed by atoms with Gasteiger partial charge in [-0.25, -0.2) is 0 Å². The number of rotatable bonds is 6. The SMILES string of the molecule is CCn1c(=O)c2ccccc2n2c(CN(C)CCC(C)O)nnc12. The van der Waals surface area contributed by atoms with E-state index >= 15 is 0 Å². The molecule has 0 amide bonds. The summed E-state index contributed by atoms with van der Waals surface area (Å²) in [4.78, 5) is 14.7. The summed E-state index contributed by atoms with van der Waals surface area (Å²) in [6.07, 6.45) is 0.377. The molecule has 1 unspecified atom stereocenters. The summed E-state index contributed by atoms with van der Waals surface area (Å²) < 4.78 is 3.60. The van der Waals surface area contributed by atoms with E-state index in [0.717, 1.165) is 17.9 Å². The van der Waals surface area contributed by atoms with Gasteiger partial charge in [-0.3, -0.25) is 18.7 Å². The number of benzene rings is 1. The number of aryl methyl sites for hydroxylation is 1. The lowest BCUT2D eigenvalue weighted by Crippen LogP contribution is -2.25. The molecule has 0 radical (unpaired) electrons. The van der Waals surface area contributed by atoms with Gasteiger partial charge in [0.15, 0.2) is 5.82 Å². The number of para-hydroxylation sites is 1. The summed E-state index contributed by atoms with van der Waals surface area (Å²) in [5.74, 6) is 1.36. The molecule has 128 valence electrons. The van der Waals surface area contributed by atoms with Crippen LogP contribution in [0.2, 0.25) is 0 Å². The van der Waals surface area contributed by atoms with Crippen molar-refractivity contribution in [1.82, 2.24) is 24.1 Å². The number of hydrogen-bond acceptors (Lipinski definition) is 5. The second-order valence-corrected chi connectivity index (χ2v) is 6.19. The average molecular weight is 329 g/mol. The van der Waals surface area contributed by atoms with E-state index in [0.29, 0.717) is 30.7 Å². The highest BCUT2D eigenvalue weighted by molar-refractivity contribution is 5.80. The average Bonchev–Trinajstić information content (AvgIpc) is 2.97. The quantitative estimate of drug-likeness (QED) is 0.737. The number of aromatic nitrogens is 4. The Morgan fingerprint density at radius 2 is 2.04 bits per heavy atom. The Morgan fingerprint density at radius 1 is 1.29 bits per heavy atom. The highest BCUT2D eigenvalue weighted by atomic mass is 16.3.